The molecule has 0 bridgehead atoms. The van der Waals surface area contributed by atoms with Gasteiger partial charge in [0.2, 0.25) is 0 Å². The van der Waals surface area contributed by atoms with Crippen molar-refractivity contribution >= 4 is 5.69 Å². The summed E-state index contributed by atoms with van der Waals surface area (Å²) in [6, 6.07) is 6.88. The summed E-state index contributed by atoms with van der Waals surface area (Å²) < 4.78 is 4.92. The molecule has 0 aromatic heterocycles. The maximum Gasteiger partial charge on any atom is 0.0995 e. The van der Waals surface area contributed by atoms with Crippen LogP contribution in [0.4, 0.5) is 5.69 Å². The van der Waals surface area contributed by atoms with Crippen molar-refractivity contribution in [2.45, 2.75) is 6.04 Å². The van der Waals surface area contributed by atoms with Gasteiger partial charge in [0, 0.05) is 12.8 Å². The third kappa shape index (κ3) is 2.22. The van der Waals surface area contributed by atoms with Gasteiger partial charge in [0.25, 0.3) is 0 Å². The van der Waals surface area contributed by atoms with Gasteiger partial charge in [0.15, 0.2) is 0 Å². The maximum absolute atomic E-state index is 8.86. The molecule has 0 aliphatic carbocycles. The van der Waals surface area contributed by atoms with Crippen molar-refractivity contribution in [2.24, 2.45) is 5.73 Å². The van der Waals surface area contributed by atoms with Crippen LogP contribution < -0.4 is 11.5 Å². The first kappa shape index (κ1) is 10.5. The molecule has 0 heterocycles. The highest BCUT2D eigenvalue weighted by Crippen LogP contribution is 2.18. The minimum Gasteiger partial charge on any atom is -0.399 e. The molecule has 1 aromatic carbocycles. The number of ether oxygens (including phenoxy) is 1. The van der Waals surface area contributed by atoms with E-state index in [0.29, 0.717) is 17.9 Å². The largest absolute Gasteiger partial charge is 0.399 e. The number of anilines is 1. The highest BCUT2D eigenvalue weighted by Gasteiger charge is 2.10. The van der Waals surface area contributed by atoms with E-state index in [0.717, 1.165) is 5.56 Å². The fourth-order valence-electron chi connectivity index (χ4n) is 1.26. The first-order valence-electron chi connectivity index (χ1n) is 4.23. The molecule has 0 aliphatic rings. The van der Waals surface area contributed by atoms with Gasteiger partial charge in [-0.05, 0) is 17.7 Å². The van der Waals surface area contributed by atoms with Crippen molar-refractivity contribution in [3.8, 4) is 6.07 Å². The van der Waals surface area contributed by atoms with Crippen LogP contribution in [0.2, 0.25) is 0 Å². The average molecular weight is 191 g/mol. The molecule has 14 heavy (non-hydrogen) atoms. The van der Waals surface area contributed by atoms with Crippen LogP contribution in [0.5, 0.6) is 0 Å². The summed E-state index contributed by atoms with van der Waals surface area (Å²) >= 11 is 0. The number of benzene rings is 1. The Morgan fingerprint density at radius 2 is 2.29 bits per heavy atom. The Morgan fingerprint density at radius 1 is 1.57 bits per heavy atom. The Kier molecular flexibility index (Phi) is 3.46. The van der Waals surface area contributed by atoms with Gasteiger partial charge in [0.1, 0.15) is 0 Å². The van der Waals surface area contributed by atoms with E-state index >= 15 is 0 Å². The molecular formula is C10H13N3O. The summed E-state index contributed by atoms with van der Waals surface area (Å²) in [6.45, 7) is 0.387. The van der Waals surface area contributed by atoms with E-state index in [1.807, 2.05) is 0 Å². The second-order valence-electron chi connectivity index (χ2n) is 3.02. The normalized spacial score (nSPS) is 12.1. The Balaban J connectivity index is 3.03. The zero-order valence-corrected chi connectivity index (χ0v) is 8.03. The van der Waals surface area contributed by atoms with Crippen molar-refractivity contribution in [3.63, 3.8) is 0 Å². The minimum atomic E-state index is -0.282. The molecule has 0 unspecified atom stereocenters. The first-order valence-corrected chi connectivity index (χ1v) is 4.23. The molecule has 1 rings (SSSR count). The minimum absolute atomic E-state index is 0.282. The molecule has 1 aromatic rings. The molecule has 0 spiro atoms. The van der Waals surface area contributed by atoms with Crippen molar-refractivity contribution in [2.75, 3.05) is 19.5 Å². The van der Waals surface area contributed by atoms with Crippen molar-refractivity contribution in [1.82, 2.24) is 0 Å². The lowest BCUT2D eigenvalue weighted by Gasteiger charge is -2.12. The molecule has 4 heteroatoms. The van der Waals surface area contributed by atoms with E-state index in [4.69, 9.17) is 21.5 Å². The molecule has 0 amide bonds. The SMILES string of the molecule is COC[C@H](N)c1ccc(N)cc1C#N. The molecule has 0 radical (unpaired) electrons. The van der Waals surface area contributed by atoms with Crippen LogP contribution in [0.25, 0.3) is 0 Å². The van der Waals surface area contributed by atoms with Crippen molar-refractivity contribution in [3.05, 3.63) is 29.3 Å². The van der Waals surface area contributed by atoms with Crippen LogP contribution in [0, 0.1) is 11.3 Å². The van der Waals surface area contributed by atoms with Gasteiger partial charge in [0.05, 0.1) is 24.3 Å². The van der Waals surface area contributed by atoms with E-state index in [-0.39, 0.29) is 6.04 Å². The lowest BCUT2D eigenvalue weighted by molar-refractivity contribution is 0.181. The zero-order chi connectivity index (χ0) is 10.6. The second kappa shape index (κ2) is 4.61. The zero-order valence-electron chi connectivity index (χ0n) is 8.03. The van der Waals surface area contributed by atoms with Gasteiger partial charge in [-0.25, -0.2) is 0 Å². The lowest BCUT2D eigenvalue weighted by atomic mass is 10.0. The fourth-order valence-corrected chi connectivity index (χ4v) is 1.26. The summed E-state index contributed by atoms with van der Waals surface area (Å²) in [5.41, 5.74) is 13.2. The number of hydrogen-bond donors (Lipinski definition) is 2. The number of nitriles is 1. The van der Waals surface area contributed by atoms with Gasteiger partial charge in [-0.15, -0.1) is 0 Å². The van der Waals surface area contributed by atoms with Gasteiger partial charge < -0.3 is 16.2 Å². The molecular weight excluding hydrogens is 178 g/mol. The summed E-state index contributed by atoms with van der Waals surface area (Å²) in [5.74, 6) is 0. The Hall–Kier alpha value is -1.57. The van der Waals surface area contributed by atoms with E-state index in [2.05, 4.69) is 6.07 Å². The Morgan fingerprint density at radius 3 is 2.86 bits per heavy atom. The van der Waals surface area contributed by atoms with Gasteiger partial charge in [-0.3, -0.25) is 0 Å². The summed E-state index contributed by atoms with van der Waals surface area (Å²) in [7, 11) is 1.57. The Labute approximate surface area is 83.1 Å². The number of nitrogens with two attached hydrogens (primary N) is 2. The van der Waals surface area contributed by atoms with Crippen molar-refractivity contribution in [1.29, 1.82) is 5.26 Å². The predicted molar refractivity (Wildman–Crippen MR) is 54.4 cm³/mol. The van der Waals surface area contributed by atoms with Crippen LogP contribution in [0.3, 0.4) is 0 Å². The molecule has 1 atom stereocenters. The van der Waals surface area contributed by atoms with Crippen LogP contribution in [0.15, 0.2) is 18.2 Å². The number of nitrogen functional groups attached to an aromatic ring is 1. The van der Waals surface area contributed by atoms with E-state index in [9.17, 15) is 0 Å². The lowest BCUT2D eigenvalue weighted by Crippen LogP contribution is -2.17. The van der Waals surface area contributed by atoms with Gasteiger partial charge >= 0.3 is 0 Å². The van der Waals surface area contributed by atoms with Gasteiger partial charge in [-0.1, -0.05) is 6.07 Å². The van der Waals surface area contributed by atoms with E-state index < -0.39 is 0 Å². The summed E-state index contributed by atoms with van der Waals surface area (Å²) in [5, 5.41) is 8.86. The van der Waals surface area contributed by atoms with Gasteiger partial charge in [-0.2, -0.15) is 5.26 Å². The topological polar surface area (TPSA) is 85.1 Å². The average Bonchev–Trinajstić information content (AvgIpc) is 2.17. The first-order chi connectivity index (χ1) is 6.69. The van der Waals surface area contributed by atoms with Crippen LogP contribution in [0.1, 0.15) is 17.2 Å². The molecule has 74 valence electrons. The van der Waals surface area contributed by atoms with Crippen LogP contribution >= 0.6 is 0 Å². The standard InChI is InChI=1S/C10H13N3O/c1-14-6-10(13)9-3-2-8(12)4-7(9)5-11/h2-4,10H,6,12-13H2,1H3/t10-/m0/s1. The highest BCUT2D eigenvalue weighted by molar-refractivity contribution is 5.50. The second-order valence-corrected chi connectivity index (χ2v) is 3.02. The Bertz CT molecular complexity index is 357. The molecule has 0 fully saturated rings. The summed E-state index contributed by atoms with van der Waals surface area (Å²) in [6.07, 6.45) is 0. The molecule has 4 nitrogen and oxygen atoms in total. The molecule has 0 saturated carbocycles. The molecule has 0 saturated heterocycles. The monoisotopic (exact) mass is 191 g/mol. The maximum atomic E-state index is 8.86. The van der Waals surface area contributed by atoms with Crippen LogP contribution in [-0.4, -0.2) is 13.7 Å². The quantitative estimate of drug-likeness (QED) is 0.691. The summed E-state index contributed by atoms with van der Waals surface area (Å²) in [4.78, 5) is 0. The van der Waals surface area contributed by atoms with E-state index in [1.165, 1.54) is 0 Å². The smallest absolute Gasteiger partial charge is 0.0995 e. The van der Waals surface area contributed by atoms with E-state index in [1.54, 1.807) is 25.3 Å². The van der Waals surface area contributed by atoms with Crippen molar-refractivity contribution < 1.29 is 4.74 Å². The third-order valence-electron chi connectivity index (χ3n) is 1.94. The molecule has 0 aliphatic heterocycles. The highest BCUT2D eigenvalue weighted by atomic mass is 16.5. The number of methoxy groups -OCH3 is 1. The third-order valence-corrected chi connectivity index (χ3v) is 1.94. The number of hydrogen-bond acceptors (Lipinski definition) is 4. The predicted octanol–water partition coefficient (Wildman–Crippen LogP) is 0.787. The fraction of sp³-hybridized carbons (Fsp3) is 0.300. The molecule has 4 N–H and O–H groups in total. The number of rotatable bonds is 3. The van der Waals surface area contributed by atoms with Crippen LogP contribution in [-0.2, 0) is 4.74 Å². The number of nitrogens with zero attached hydrogens (tertiary/aromatic N) is 1.